The van der Waals surface area contributed by atoms with Crippen LogP contribution in [0.15, 0.2) is 0 Å². The molecule has 1 rings (SSSR count). The molecule has 0 aromatic carbocycles. The smallest absolute Gasteiger partial charge is 0.223 e. The molecule has 0 unspecified atom stereocenters. The van der Waals surface area contributed by atoms with Crippen molar-refractivity contribution in [2.75, 3.05) is 33.0 Å². The van der Waals surface area contributed by atoms with Crippen LogP contribution in [0.5, 0.6) is 0 Å². The molecule has 0 bridgehead atoms. The van der Waals surface area contributed by atoms with Crippen LogP contribution >= 0.6 is 0 Å². The monoisotopic (exact) mass is 387 g/mol. The van der Waals surface area contributed by atoms with Gasteiger partial charge in [-0.05, 0) is 58.3 Å². The predicted octanol–water partition coefficient (Wildman–Crippen LogP) is 4.77. The Morgan fingerprint density at radius 3 is 1.85 bits per heavy atom. The van der Waals surface area contributed by atoms with Crippen LogP contribution in [0.3, 0.4) is 0 Å². The highest BCUT2D eigenvalue weighted by molar-refractivity contribution is 5.80. The van der Waals surface area contributed by atoms with Gasteiger partial charge in [0, 0.05) is 46.2 Å². The Morgan fingerprint density at radius 1 is 0.852 bits per heavy atom. The molecule has 5 heteroatoms. The van der Waals surface area contributed by atoms with Crippen molar-refractivity contribution in [2.24, 2.45) is 11.8 Å². The van der Waals surface area contributed by atoms with Crippen molar-refractivity contribution in [3.05, 3.63) is 0 Å². The maximum absolute atomic E-state index is 12.1. The average Bonchev–Trinajstić information content (AvgIpc) is 2.66. The molecule has 0 atom stereocenters. The molecule has 1 aliphatic rings. The van der Waals surface area contributed by atoms with Crippen LogP contribution in [0.4, 0.5) is 0 Å². The number of carbonyl (C=O) groups is 2. The van der Waals surface area contributed by atoms with E-state index in [2.05, 4.69) is 26.1 Å². The zero-order valence-corrected chi connectivity index (χ0v) is 18.2. The number of Topliss-reactive ketones (excluding diaryl/α,β-unsaturated/α-hetero) is 1. The number of carbonyl (C=O) groups excluding carboxylic acids is 2. The first kappa shape index (κ1) is 26.1. The van der Waals surface area contributed by atoms with Gasteiger partial charge in [0.25, 0.3) is 0 Å². The topological polar surface area (TPSA) is 64.6 Å². The van der Waals surface area contributed by atoms with Crippen molar-refractivity contribution >= 4 is 11.7 Å². The van der Waals surface area contributed by atoms with Crippen molar-refractivity contribution in [3.63, 3.8) is 0 Å². The van der Waals surface area contributed by atoms with Gasteiger partial charge >= 0.3 is 0 Å². The van der Waals surface area contributed by atoms with Crippen molar-refractivity contribution in [1.29, 1.82) is 0 Å². The van der Waals surface area contributed by atoms with E-state index in [-0.39, 0.29) is 25.0 Å². The number of rotatable bonds is 13. The molecular formula is C22H45NO4. The van der Waals surface area contributed by atoms with Gasteiger partial charge in [-0.1, -0.05) is 27.2 Å². The summed E-state index contributed by atoms with van der Waals surface area (Å²) in [6, 6.07) is 0. The predicted molar refractivity (Wildman–Crippen MR) is 113 cm³/mol. The van der Waals surface area contributed by atoms with E-state index in [1.165, 1.54) is 6.42 Å². The molecule has 0 heterocycles. The molecule has 0 radical (unpaired) electrons. The van der Waals surface area contributed by atoms with Crippen LogP contribution in [0, 0.1) is 11.8 Å². The number of hydrogen-bond acceptors (Lipinski definition) is 4. The second kappa shape index (κ2) is 18.4. The molecule has 0 aliphatic heterocycles. The summed E-state index contributed by atoms with van der Waals surface area (Å²) in [4.78, 5) is 23.4. The molecule has 1 saturated carbocycles. The van der Waals surface area contributed by atoms with E-state index >= 15 is 0 Å². The maximum atomic E-state index is 12.1. The van der Waals surface area contributed by atoms with E-state index in [1.807, 2.05) is 0 Å². The molecule has 162 valence electrons. The van der Waals surface area contributed by atoms with E-state index in [0.717, 1.165) is 71.2 Å². The average molecular weight is 388 g/mol. The van der Waals surface area contributed by atoms with Crippen molar-refractivity contribution in [2.45, 2.75) is 85.5 Å². The first-order valence-corrected chi connectivity index (χ1v) is 11.0. The van der Waals surface area contributed by atoms with Gasteiger partial charge in [0.05, 0.1) is 0 Å². The number of ketones is 1. The highest BCUT2D eigenvalue weighted by atomic mass is 16.5. The summed E-state index contributed by atoms with van der Waals surface area (Å²) in [6.45, 7) is 11.8. The standard InChI is InChI=1S/C19H35NO4.C3H8.H2/c1-3-12-23-13-4-5-14-24-15-6-11-20-19(22)18-9-7-17(8-10-18)16(2)21;1-3-2;/h17-18H,3-15H2,1-2H3,(H,20,22);3H2,1-2H3;1H. The highest BCUT2D eigenvalue weighted by Crippen LogP contribution is 2.29. The van der Waals surface area contributed by atoms with Gasteiger partial charge in [0.2, 0.25) is 5.91 Å². The van der Waals surface area contributed by atoms with Gasteiger partial charge in [0.1, 0.15) is 5.78 Å². The van der Waals surface area contributed by atoms with Crippen molar-refractivity contribution < 1.29 is 20.5 Å². The Kier molecular flexibility index (Phi) is 17.8. The number of nitrogens with one attached hydrogen (secondary N) is 1. The third-order valence-corrected chi connectivity index (χ3v) is 4.61. The Morgan fingerprint density at radius 2 is 1.33 bits per heavy atom. The van der Waals surface area contributed by atoms with E-state index in [9.17, 15) is 9.59 Å². The number of hydrogen-bond donors (Lipinski definition) is 1. The summed E-state index contributed by atoms with van der Waals surface area (Å²) in [5.41, 5.74) is 0. The third kappa shape index (κ3) is 14.7. The quantitative estimate of drug-likeness (QED) is 0.462. The Hall–Kier alpha value is -0.940. The molecule has 27 heavy (non-hydrogen) atoms. The van der Waals surface area contributed by atoms with Crippen LogP contribution < -0.4 is 5.32 Å². The summed E-state index contributed by atoms with van der Waals surface area (Å²) >= 11 is 0. The molecule has 0 saturated heterocycles. The zero-order valence-electron chi connectivity index (χ0n) is 18.2. The van der Waals surface area contributed by atoms with Crippen LogP contribution in [0.2, 0.25) is 0 Å². The minimum Gasteiger partial charge on any atom is -0.381 e. The molecule has 1 N–H and O–H groups in total. The Labute approximate surface area is 168 Å². The molecular weight excluding hydrogens is 342 g/mol. The lowest BCUT2D eigenvalue weighted by Gasteiger charge is -2.26. The fraction of sp³-hybridized carbons (Fsp3) is 0.909. The van der Waals surface area contributed by atoms with Crippen LogP contribution in [0.25, 0.3) is 0 Å². The SMILES string of the molecule is CCC.CCCOCCCCOCCCNC(=O)C1CCC(C(C)=O)CC1.[HH]. The van der Waals surface area contributed by atoms with Gasteiger partial charge in [0.15, 0.2) is 0 Å². The summed E-state index contributed by atoms with van der Waals surface area (Å²) in [7, 11) is 0. The maximum Gasteiger partial charge on any atom is 0.223 e. The molecule has 5 nitrogen and oxygen atoms in total. The van der Waals surface area contributed by atoms with Crippen molar-refractivity contribution in [3.8, 4) is 0 Å². The largest absolute Gasteiger partial charge is 0.381 e. The Bertz CT molecular complexity index is 372. The molecule has 0 aromatic heterocycles. The molecule has 1 fully saturated rings. The molecule has 1 aliphatic carbocycles. The molecule has 0 spiro atoms. The highest BCUT2D eigenvalue weighted by Gasteiger charge is 2.27. The van der Waals surface area contributed by atoms with Gasteiger partial charge in [-0.2, -0.15) is 0 Å². The summed E-state index contributed by atoms with van der Waals surface area (Å²) in [5, 5.41) is 3.00. The number of amides is 1. The van der Waals surface area contributed by atoms with E-state index in [1.54, 1.807) is 6.92 Å². The first-order valence-electron chi connectivity index (χ1n) is 11.0. The lowest BCUT2D eigenvalue weighted by molar-refractivity contribution is -0.128. The van der Waals surface area contributed by atoms with Gasteiger partial charge in [-0.3, -0.25) is 9.59 Å². The second-order valence-electron chi connectivity index (χ2n) is 7.44. The normalized spacial score (nSPS) is 19.1. The summed E-state index contributed by atoms with van der Waals surface area (Å²) in [5.74, 6) is 0.674. The van der Waals surface area contributed by atoms with E-state index in [4.69, 9.17) is 9.47 Å². The van der Waals surface area contributed by atoms with Gasteiger partial charge < -0.3 is 14.8 Å². The van der Waals surface area contributed by atoms with E-state index < -0.39 is 0 Å². The minimum absolute atomic E-state index is 0. The first-order chi connectivity index (χ1) is 13.1. The Balaban J connectivity index is 0. The van der Waals surface area contributed by atoms with E-state index in [0.29, 0.717) is 13.2 Å². The van der Waals surface area contributed by atoms with Crippen LogP contribution in [-0.2, 0) is 19.1 Å². The second-order valence-corrected chi connectivity index (χ2v) is 7.44. The lowest BCUT2D eigenvalue weighted by atomic mass is 9.80. The number of ether oxygens (including phenoxy) is 2. The lowest BCUT2D eigenvalue weighted by Crippen LogP contribution is -2.34. The zero-order chi connectivity index (χ0) is 20.3. The van der Waals surface area contributed by atoms with Gasteiger partial charge in [-0.25, -0.2) is 0 Å². The fourth-order valence-corrected chi connectivity index (χ4v) is 3.05. The summed E-state index contributed by atoms with van der Waals surface area (Å²) < 4.78 is 11.0. The number of unbranched alkanes of at least 4 members (excludes halogenated alkanes) is 1. The van der Waals surface area contributed by atoms with Crippen LogP contribution in [-0.4, -0.2) is 44.7 Å². The minimum atomic E-state index is 0. The van der Waals surface area contributed by atoms with Crippen molar-refractivity contribution in [1.82, 2.24) is 5.32 Å². The van der Waals surface area contributed by atoms with Gasteiger partial charge in [-0.15, -0.1) is 0 Å². The van der Waals surface area contributed by atoms with Crippen LogP contribution in [0.1, 0.15) is 86.9 Å². The molecule has 0 aromatic rings. The molecule has 1 amide bonds. The fourth-order valence-electron chi connectivity index (χ4n) is 3.05. The third-order valence-electron chi connectivity index (χ3n) is 4.61. The summed E-state index contributed by atoms with van der Waals surface area (Å²) in [6.07, 6.45) is 8.63.